The zero-order valence-corrected chi connectivity index (χ0v) is 7.29. The number of nitrogen functional groups attached to an aromatic ring is 1. The second-order valence-corrected chi connectivity index (χ2v) is 3.09. The number of aryl methyl sites for hydroxylation is 1. The molecule has 3 heteroatoms. The quantitative estimate of drug-likeness (QED) is 0.634. The van der Waals surface area contributed by atoms with Crippen LogP contribution < -0.4 is 11.3 Å². The summed E-state index contributed by atoms with van der Waals surface area (Å²) in [7, 11) is 0. The largest absolute Gasteiger partial charge is 0.394 e. The Bertz CT molecular complexity index is 514. The van der Waals surface area contributed by atoms with Crippen LogP contribution in [0.2, 0.25) is 0 Å². The number of aromatic nitrogens is 1. The number of hydrogen-bond donors (Lipinski definition) is 2. The van der Waals surface area contributed by atoms with Crippen LogP contribution in [0.5, 0.6) is 0 Å². The summed E-state index contributed by atoms with van der Waals surface area (Å²) in [6.07, 6.45) is 0. The second-order valence-electron chi connectivity index (χ2n) is 3.09. The van der Waals surface area contributed by atoms with Crippen LogP contribution in [-0.4, -0.2) is 4.98 Å². The number of benzene rings is 1. The highest BCUT2D eigenvalue weighted by Gasteiger charge is 1.99. The number of rotatable bonds is 0. The maximum absolute atomic E-state index is 11.2. The van der Waals surface area contributed by atoms with Crippen molar-refractivity contribution in [2.45, 2.75) is 6.92 Å². The normalized spacial score (nSPS) is 10.5. The van der Waals surface area contributed by atoms with E-state index in [9.17, 15) is 4.79 Å². The van der Waals surface area contributed by atoms with Crippen molar-refractivity contribution in [2.24, 2.45) is 0 Å². The van der Waals surface area contributed by atoms with E-state index in [1.54, 1.807) is 6.07 Å². The lowest BCUT2D eigenvalue weighted by molar-refractivity contribution is 1.29. The van der Waals surface area contributed by atoms with Crippen molar-refractivity contribution in [1.82, 2.24) is 4.98 Å². The standard InChI is InChI=1S/C10H10N2O/c1-6-3-2-4-7-5-8(11)10(13)12-9(6)7/h2-5H,11H2,1H3,(H,12,13). The average Bonchev–Trinajstić information content (AvgIpc) is 2.09. The maximum atomic E-state index is 11.2. The molecule has 0 spiro atoms. The third-order valence-electron chi connectivity index (χ3n) is 2.12. The first kappa shape index (κ1) is 7.86. The summed E-state index contributed by atoms with van der Waals surface area (Å²) in [6, 6.07) is 7.51. The van der Waals surface area contributed by atoms with Crippen molar-refractivity contribution in [3.63, 3.8) is 0 Å². The van der Waals surface area contributed by atoms with Gasteiger partial charge in [0.1, 0.15) is 0 Å². The second kappa shape index (κ2) is 2.62. The fourth-order valence-electron chi connectivity index (χ4n) is 1.40. The Labute approximate surface area is 75.2 Å². The van der Waals surface area contributed by atoms with Gasteiger partial charge in [0.25, 0.3) is 5.56 Å². The van der Waals surface area contributed by atoms with E-state index in [0.29, 0.717) is 0 Å². The van der Waals surface area contributed by atoms with Crippen molar-refractivity contribution in [3.05, 3.63) is 40.2 Å². The number of aromatic amines is 1. The summed E-state index contributed by atoms with van der Waals surface area (Å²) in [4.78, 5) is 14.0. The van der Waals surface area contributed by atoms with E-state index in [2.05, 4.69) is 4.98 Å². The number of fused-ring (bicyclic) bond motifs is 1. The Morgan fingerprint density at radius 1 is 1.38 bits per heavy atom. The van der Waals surface area contributed by atoms with E-state index in [1.807, 2.05) is 25.1 Å². The van der Waals surface area contributed by atoms with Crippen LogP contribution >= 0.6 is 0 Å². The molecule has 0 aliphatic heterocycles. The van der Waals surface area contributed by atoms with Gasteiger partial charge in [-0.3, -0.25) is 4.79 Å². The summed E-state index contributed by atoms with van der Waals surface area (Å²) < 4.78 is 0. The predicted octanol–water partition coefficient (Wildman–Crippen LogP) is 1.42. The summed E-state index contributed by atoms with van der Waals surface area (Å²) >= 11 is 0. The first-order valence-electron chi connectivity index (χ1n) is 4.06. The van der Waals surface area contributed by atoms with Gasteiger partial charge in [-0.2, -0.15) is 0 Å². The molecule has 66 valence electrons. The molecule has 0 unspecified atom stereocenters. The Hall–Kier alpha value is -1.77. The lowest BCUT2D eigenvalue weighted by atomic mass is 10.1. The Morgan fingerprint density at radius 2 is 2.15 bits per heavy atom. The molecular weight excluding hydrogens is 164 g/mol. The summed E-state index contributed by atoms with van der Waals surface area (Å²) in [5, 5.41) is 0.970. The number of para-hydroxylation sites is 1. The van der Waals surface area contributed by atoms with E-state index in [0.717, 1.165) is 16.5 Å². The third-order valence-corrected chi connectivity index (χ3v) is 2.12. The SMILES string of the molecule is Cc1cccc2cc(N)c(=O)[nH]c12. The molecule has 0 saturated carbocycles. The fraction of sp³-hybridized carbons (Fsp3) is 0.100. The van der Waals surface area contributed by atoms with Crippen molar-refractivity contribution in [1.29, 1.82) is 0 Å². The predicted molar refractivity (Wildman–Crippen MR) is 53.7 cm³/mol. The van der Waals surface area contributed by atoms with Crippen LogP contribution in [0.4, 0.5) is 5.69 Å². The highest BCUT2D eigenvalue weighted by molar-refractivity contribution is 5.83. The van der Waals surface area contributed by atoms with E-state index in [4.69, 9.17) is 5.73 Å². The maximum Gasteiger partial charge on any atom is 0.271 e. The highest BCUT2D eigenvalue weighted by Crippen LogP contribution is 2.15. The Kier molecular flexibility index (Phi) is 1.59. The van der Waals surface area contributed by atoms with E-state index in [1.165, 1.54) is 0 Å². The molecule has 0 atom stereocenters. The molecule has 2 rings (SSSR count). The lowest BCUT2D eigenvalue weighted by Crippen LogP contribution is -2.11. The third kappa shape index (κ3) is 1.18. The number of hydrogen-bond acceptors (Lipinski definition) is 2. The molecule has 0 radical (unpaired) electrons. The molecule has 1 heterocycles. The average molecular weight is 174 g/mol. The van der Waals surface area contributed by atoms with E-state index in [-0.39, 0.29) is 11.2 Å². The van der Waals surface area contributed by atoms with Gasteiger partial charge in [0.2, 0.25) is 0 Å². The zero-order valence-electron chi connectivity index (χ0n) is 7.29. The minimum atomic E-state index is -0.221. The molecule has 2 aromatic rings. The first-order chi connectivity index (χ1) is 6.18. The van der Waals surface area contributed by atoms with Gasteiger partial charge in [-0.05, 0) is 18.6 Å². The number of anilines is 1. The number of nitrogens with one attached hydrogen (secondary N) is 1. The minimum Gasteiger partial charge on any atom is -0.394 e. The molecular formula is C10H10N2O. The van der Waals surface area contributed by atoms with Gasteiger partial charge in [-0.15, -0.1) is 0 Å². The van der Waals surface area contributed by atoms with Gasteiger partial charge in [0.05, 0.1) is 11.2 Å². The molecule has 13 heavy (non-hydrogen) atoms. The molecule has 1 aromatic heterocycles. The van der Waals surface area contributed by atoms with Gasteiger partial charge < -0.3 is 10.7 Å². The van der Waals surface area contributed by atoms with Crippen LogP contribution in [-0.2, 0) is 0 Å². The molecule has 0 fully saturated rings. The molecule has 0 amide bonds. The van der Waals surface area contributed by atoms with Crippen molar-refractivity contribution < 1.29 is 0 Å². The monoisotopic (exact) mass is 174 g/mol. The Morgan fingerprint density at radius 3 is 2.92 bits per heavy atom. The molecule has 0 bridgehead atoms. The van der Waals surface area contributed by atoms with Gasteiger partial charge in [0, 0.05) is 5.39 Å². The van der Waals surface area contributed by atoms with Gasteiger partial charge in [-0.25, -0.2) is 0 Å². The van der Waals surface area contributed by atoms with Crippen molar-refractivity contribution >= 4 is 16.6 Å². The van der Waals surface area contributed by atoms with Crippen molar-refractivity contribution in [3.8, 4) is 0 Å². The van der Waals surface area contributed by atoms with Crippen LogP contribution in [0.25, 0.3) is 10.9 Å². The number of pyridine rings is 1. The number of nitrogens with two attached hydrogens (primary N) is 1. The van der Waals surface area contributed by atoms with Crippen molar-refractivity contribution in [2.75, 3.05) is 5.73 Å². The topological polar surface area (TPSA) is 58.9 Å². The van der Waals surface area contributed by atoms with Gasteiger partial charge in [0.15, 0.2) is 0 Å². The summed E-state index contributed by atoms with van der Waals surface area (Å²) in [5.74, 6) is 0. The lowest BCUT2D eigenvalue weighted by Gasteiger charge is -2.01. The van der Waals surface area contributed by atoms with Gasteiger partial charge >= 0.3 is 0 Å². The number of H-pyrrole nitrogens is 1. The van der Waals surface area contributed by atoms with Crippen LogP contribution in [0, 0.1) is 6.92 Å². The molecule has 1 aromatic carbocycles. The minimum absolute atomic E-state index is 0.221. The van der Waals surface area contributed by atoms with E-state index < -0.39 is 0 Å². The molecule has 0 aliphatic carbocycles. The fourth-order valence-corrected chi connectivity index (χ4v) is 1.40. The summed E-state index contributed by atoms with van der Waals surface area (Å²) in [6.45, 7) is 1.95. The van der Waals surface area contributed by atoms with Crippen LogP contribution in [0.1, 0.15) is 5.56 Å². The molecule has 3 nitrogen and oxygen atoms in total. The van der Waals surface area contributed by atoms with Crippen LogP contribution in [0.3, 0.4) is 0 Å². The van der Waals surface area contributed by atoms with E-state index >= 15 is 0 Å². The zero-order chi connectivity index (χ0) is 9.42. The van der Waals surface area contributed by atoms with Crippen LogP contribution in [0.15, 0.2) is 29.1 Å². The highest BCUT2D eigenvalue weighted by atomic mass is 16.1. The first-order valence-corrected chi connectivity index (χ1v) is 4.06. The smallest absolute Gasteiger partial charge is 0.271 e. The molecule has 3 N–H and O–H groups in total. The summed E-state index contributed by atoms with van der Waals surface area (Å²) in [5.41, 5.74) is 7.45. The van der Waals surface area contributed by atoms with Gasteiger partial charge in [-0.1, -0.05) is 18.2 Å². The Balaban J connectivity index is 2.97. The molecule has 0 saturated heterocycles. The molecule has 0 aliphatic rings.